The molecule has 2 heterocycles. The van der Waals surface area contributed by atoms with Crippen molar-refractivity contribution in [3.63, 3.8) is 0 Å². The van der Waals surface area contributed by atoms with Gasteiger partial charge in [0.05, 0.1) is 6.04 Å². The van der Waals surface area contributed by atoms with Crippen molar-refractivity contribution in [1.29, 1.82) is 0 Å². The Morgan fingerprint density at radius 2 is 1.89 bits per heavy atom. The minimum atomic E-state index is -1.11. The standard InChI is InChI=1S/C23H29N7O7/c24-23(37)28-25-13-15(8-11-19(32)33)26-21(35)17-7-4-12-29-18(31)10-9-16(22(36)30(17)29)27-20(34)14-5-2-1-3-6-14/h1-3,5-6,13,15-17H,4,7-12H2,(H,26,35)(H,27,34)(H,32,33)(H3,24,28,37). The number of rotatable bonds is 9. The molecule has 3 atom stereocenters. The Bertz CT molecular complexity index is 1080. The zero-order chi connectivity index (χ0) is 26.9. The molecule has 0 aromatic heterocycles. The molecule has 0 aliphatic carbocycles. The SMILES string of the molecule is NC(=O)NN=CC(CCC(=O)O)NC(=O)C1CCCN2C(=O)CCC(NC(=O)c3ccccc3)C(=O)N12. The van der Waals surface area contributed by atoms with Crippen LogP contribution in [-0.4, -0.2) is 81.6 Å². The van der Waals surface area contributed by atoms with Gasteiger partial charge in [-0.3, -0.25) is 29.0 Å². The van der Waals surface area contributed by atoms with E-state index in [0.29, 0.717) is 12.0 Å². The van der Waals surface area contributed by atoms with Gasteiger partial charge in [-0.25, -0.2) is 15.2 Å². The third-order valence-electron chi connectivity index (χ3n) is 5.93. The van der Waals surface area contributed by atoms with E-state index in [9.17, 15) is 28.8 Å². The fraction of sp³-hybridized carbons (Fsp3) is 0.435. The number of nitrogens with two attached hydrogens (primary N) is 1. The molecule has 1 aromatic rings. The van der Waals surface area contributed by atoms with E-state index in [1.807, 2.05) is 5.43 Å². The number of fused-ring (bicyclic) bond motifs is 1. The van der Waals surface area contributed by atoms with Crippen LogP contribution >= 0.6 is 0 Å². The second kappa shape index (κ2) is 12.5. The number of hydrogen-bond donors (Lipinski definition) is 5. The monoisotopic (exact) mass is 515 g/mol. The zero-order valence-electron chi connectivity index (χ0n) is 20.0. The van der Waals surface area contributed by atoms with E-state index in [2.05, 4.69) is 15.7 Å². The average Bonchev–Trinajstić information content (AvgIpc) is 2.99. The van der Waals surface area contributed by atoms with Crippen molar-refractivity contribution in [2.45, 2.75) is 56.7 Å². The summed E-state index contributed by atoms with van der Waals surface area (Å²) in [6, 6.07) is 4.35. The van der Waals surface area contributed by atoms with E-state index in [1.165, 1.54) is 5.01 Å². The highest BCUT2D eigenvalue weighted by molar-refractivity contribution is 5.99. The molecule has 6 amide bonds. The van der Waals surface area contributed by atoms with Gasteiger partial charge in [0.1, 0.15) is 12.1 Å². The Kier molecular flexibility index (Phi) is 9.13. The molecule has 0 bridgehead atoms. The summed E-state index contributed by atoms with van der Waals surface area (Å²) in [6.45, 7) is 0.236. The summed E-state index contributed by atoms with van der Waals surface area (Å²) in [7, 11) is 0. The van der Waals surface area contributed by atoms with Crippen LogP contribution in [0.4, 0.5) is 4.79 Å². The highest BCUT2D eigenvalue weighted by atomic mass is 16.4. The molecule has 2 fully saturated rings. The molecular formula is C23H29N7O7. The van der Waals surface area contributed by atoms with Gasteiger partial charge in [0, 0.05) is 31.2 Å². The van der Waals surface area contributed by atoms with Gasteiger partial charge < -0.3 is 21.5 Å². The van der Waals surface area contributed by atoms with Crippen LogP contribution < -0.4 is 21.8 Å². The van der Waals surface area contributed by atoms with Gasteiger partial charge in [0.2, 0.25) is 11.8 Å². The summed E-state index contributed by atoms with van der Waals surface area (Å²) < 4.78 is 0. The van der Waals surface area contributed by atoms with Gasteiger partial charge in [-0.1, -0.05) is 18.2 Å². The quantitative estimate of drug-likeness (QED) is 0.211. The number of carboxylic acids is 1. The van der Waals surface area contributed by atoms with Crippen molar-refractivity contribution < 1.29 is 33.9 Å². The minimum Gasteiger partial charge on any atom is -0.481 e. The topological polar surface area (TPSA) is 204 Å². The molecule has 3 rings (SSSR count). The zero-order valence-corrected chi connectivity index (χ0v) is 20.0. The Morgan fingerprint density at radius 1 is 1.16 bits per heavy atom. The third kappa shape index (κ3) is 7.25. The molecule has 2 aliphatic heterocycles. The average molecular weight is 516 g/mol. The van der Waals surface area contributed by atoms with Crippen LogP contribution in [0.5, 0.6) is 0 Å². The number of amides is 6. The van der Waals surface area contributed by atoms with E-state index in [4.69, 9.17) is 10.8 Å². The van der Waals surface area contributed by atoms with E-state index in [0.717, 1.165) is 11.2 Å². The number of carbonyl (C=O) groups is 6. The number of nitrogens with one attached hydrogen (secondary N) is 3. The van der Waals surface area contributed by atoms with Crippen LogP contribution in [-0.2, 0) is 19.2 Å². The molecule has 6 N–H and O–H groups in total. The van der Waals surface area contributed by atoms with Crippen molar-refractivity contribution in [3.8, 4) is 0 Å². The Hall–Kier alpha value is -4.49. The van der Waals surface area contributed by atoms with Crippen molar-refractivity contribution in [2.24, 2.45) is 10.8 Å². The van der Waals surface area contributed by atoms with Crippen LogP contribution in [0, 0.1) is 0 Å². The first kappa shape index (κ1) is 27.1. The lowest BCUT2D eigenvalue weighted by molar-refractivity contribution is -0.176. The molecule has 14 heteroatoms. The maximum atomic E-state index is 13.5. The van der Waals surface area contributed by atoms with Crippen LogP contribution in [0.25, 0.3) is 0 Å². The van der Waals surface area contributed by atoms with Crippen LogP contribution in [0.2, 0.25) is 0 Å². The second-order valence-corrected chi connectivity index (χ2v) is 8.59. The van der Waals surface area contributed by atoms with Crippen molar-refractivity contribution >= 4 is 41.8 Å². The molecule has 14 nitrogen and oxygen atoms in total. The fourth-order valence-corrected chi connectivity index (χ4v) is 4.17. The van der Waals surface area contributed by atoms with Crippen molar-refractivity contribution in [1.82, 2.24) is 26.1 Å². The number of aliphatic carboxylic acids is 1. The number of hydrogen-bond acceptors (Lipinski definition) is 7. The molecule has 0 radical (unpaired) electrons. The predicted octanol–water partition coefficient (Wildman–Crippen LogP) is -0.683. The largest absolute Gasteiger partial charge is 0.481 e. The third-order valence-corrected chi connectivity index (χ3v) is 5.93. The molecule has 2 aliphatic rings. The first-order chi connectivity index (χ1) is 17.7. The molecule has 37 heavy (non-hydrogen) atoms. The summed E-state index contributed by atoms with van der Waals surface area (Å²) in [5.41, 5.74) is 7.28. The molecular weight excluding hydrogens is 486 g/mol. The first-order valence-corrected chi connectivity index (χ1v) is 11.8. The molecule has 1 aromatic carbocycles. The highest BCUT2D eigenvalue weighted by Gasteiger charge is 2.44. The Morgan fingerprint density at radius 3 is 2.57 bits per heavy atom. The number of benzene rings is 1. The normalized spacial score (nSPS) is 20.5. The minimum absolute atomic E-state index is 0.00297. The number of carbonyl (C=O) groups excluding carboxylic acids is 5. The lowest BCUT2D eigenvalue weighted by Gasteiger charge is -2.43. The fourth-order valence-electron chi connectivity index (χ4n) is 4.17. The predicted molar refractivity (Wildman–Crippen MR) is 129 cm³/mol. The summed E-state index contributed by atoms with van der Waals surface area (Å²) in [4.78, 5) is 74.2. The Balaban J connectivity index is 1.79. The number of hydrazine groups is 1. The second-order valence-electron chi connectivity index (χ2n) is 8.59. The van der Waals surface area contributed by atoms with Crippen LogP contribution in [0.3, 0.4) is 0 Å². The summed E-state index contributed by atoms with van der Waals surface area (Å²) in [5.74, 6) is -3.17. The highest BCUT2D eigenvalue weighted by Crippen LogP contribution is 2.25. The lowest BCUT2D eigenvalue weighted by Crippen LogP contribution is -2.64. The molecule has 0 saturated carbocycles. The van der Waals surface area contributed by atoms with E-state index < -0.39 is 47.8 Å². The van der Waals surface area contributed by atoms with Gasteiger partial charge in [-0.15, -0.1) is 0 Å². The Labute approximate surface area is 212 Å². The number of primary amides is 1. The first-order valence-electron chi connectivity index (χ1n) is 11.8. The number of carboxylic acid groups (broad SMARTS) is 1. The van der Waals surface area contributed by atoms with Gasteiger partial charge in [-0.05, 0) is 37.8 Å². The molecule has 2 saturated heterocycles. The van der Waals surface area contributed by atoms with Gasteiger partial charge in [0.15, 0.2) is 0 Å². The smallest absolute Gasteiger partial charge is 0.332 e. The maximum Gasteiger partial charge on any atom is 0.332 e. The molecule has 0 spiro atoms. The van der Waals surface area contributed by atoms with Crippen molar-refractivity contribution in [3.05, 3.63) is 35.9 Å². The van der Waals surface area contributed by atoms with Crippen LogP contribution in [0.1, 0.15) is 48.9 Å². The summed E-state index contributed by atoms with van der Waals surface area (Å²) in [6.07, 6.45) is 1.54. The summed E-state index contributed by atoms with van der Waals surface area (Å²) in [5, 5.41) is 20.2. The van der Waals surface area contributed by atoms with Gasteiger partial charge in [0.25, 0.3) is 11.8 Å². The molecule has 198 valence electrons. The number of urea groups is 1. The van der Waals surface area contributed by atoms with Gasteiger partial charge >= 0.3 is 12.0 Å². The maximum absolute atomic E-state index is 13.5. The lowest BCUT2D eigenvalue weighted by atomic mass is 10.0. The van der Waals surface area contributed by atoms with Crippen molar-refractivity contribution in [2.75, 3.05) is 6.54 Å². The van der Waals surface area contributed by atoms with E-state index >= 15 is 0 Å². The van der Waals surface area contributed by atoms with E-state index in [-0.39, 0.29) is 44.6 Å². The number of hydrazone groups is 1. The van der Waals surface area contributed by atoms with E-state index in [1.54, 1.807) is 30.3 Å². The molecule has 3 unspecified atom stereocenters. The summed E-state index contributed by atoms with van der Waals surface area (Å²) >= 11 is 0. The van der Waals surface area contributed by atoms with Gasteiger partial charge in [-0.2, -0.15) is 5.10 Å². The van der Waals surface area contributed by atoms with Crippen LogP contribution in [0.15, 0.2) is 35.4 Å². The number of nitrogens with zero attached hydrogens (tertiary/aromatic N) is 3.